The number of primary amides is 1. The lowest BCUT2D eigenvalue weighted by Gasteiger charge is -2.15. The minimum Gasteiger partial charge on any atom is -0.493 e. The minimum atomic E-state index is -0.695. The number of rotatable bonds is 9. The van der Waals surface area contributed by atoms with Gasteiger partial charge in [0.25, 0.3) is 0 Å². The monoisotopic (exact) mass is 369 g/mol. The summed E-state index contributed by atoms with van der Waals surface area (Å²) in [7, 11) is 0. The van der Waals surface area contributed by atoms with E-state index in [1.807, 2.05) is 24.3 Å². The second kappa shape index (κ2) is 10.2. The Hall–Kier alpha value is -3.02. The van der Waals surface area contributed by atoms with Gasteiger partial charge in [-0.2, -0.15) is 5.10 Å². The molecule has 0 unspecified atom stereocenters. The minimum absolute atomic E-state index is 0.428. The summed E-state index contributed by atoms with van der Waals surface area (Å²) in [6.45, 7) is 7.57. The van der Waals surface area contributed by atoms with Crippen LogP contribution in [0.5, 0.6) is 11.5 Å². The summed E-state index contributed by atoms with van der Waals surface area (Å²) >= 11 is 0. The van der Waals surface area contributed by atoms with Gasteiger partial charge in [-0.15, -0.1) is 0 Å². The molecule has 6 nitrogen and oxygen atoms in total. The van der Waals surface area contributed by atoms with Crippen LogP contribution in [0.2, 0.25) is 0 Å². The van der Waals surface area contributed by atoms with Crippen LogP contribution in [0.25, 0.3) is 0 Å². The van der Waals surface area contributed by atoms with Gasteiger partial charge in [-0.3, -0.25) is 0 Å². The maximum atomic E-state index is 10.5. The van der Waals surface area contributed by atoms with E-state index in [0.29, 0.717) is 19.1 Å². The van der Waals surface area contributed by atoms with Gasteiger partial charge in [-0.05, 0) is 59.9 Å². The third-order valence-electron chi connectivity index (χ3n) is 3.87. The number of urea groups is 1. The Morgan fingerprint density at radius 3 is 2.52 bits per heavy atom. The highest BCUT2D eigenvalue weighted by molar-refractivity contribution is 5.81. The summed E-state index contributed by atoms with van der Waals surface area (Å²) in [6, 6.07) is 13.0. The highest BCUT2D eigenvalue weighted by Gasteiger charge is 2.08. The van der Waals surface area contributed by atoms with Crippen LogP contribution in [-0.4, -0.2) is 25.5 Å². The van der Waals surface area contributed by atoms with Crippen molar-refractivity contribution < 1.29 is 14.3 Å². The maximum absolute atomic E-state index is 10.5. The van der Waals surface area contributed by atoms with Gasteiger partial charge in [0, 0.05) is 6.42 Å². The molecule has 0 radical (unpaired) electrons. The molecule has 0 atom stereocenters. The van der Waals surface area contributed by atoms with Gasteiger partial charge in [0.05, 0.1) is 19.4 Å². The Labute approximate surface area is 160 Å². The van der Waals surface area contributed by atoms with Gasteiger partial charge in [-0.25, -0.2) is 10.2 Å². The molecule has 27 heavy (non-hydrogen) atoms. The zero-order valence-corrected chi connectivity index (χ0v) is 16.1. The number of amides is 2. The van der Waals surface area contributed by atoms with Crippen LogP contribution in [0.1, 0.15) is 42.9 Å². The number of ether oxygens (including phenoxy) is 2. The number of benzene rings is 2. The summed E-state index contributed by atoms with van der Waals surface area (Å²) in [5.74, 6) is 2.16. The van der Waals surface area contributed by atoms with Gasteiger partial charge in [0.2, 0.25) is 0 Å². The van der Waals surface area contributed by atoms with Crippen molar-refractivity contribution in [3.8, 4) is 11.5 Å². The Kier molecular flexibility index (Phi) is 7.67. The van der Waals surface area contributed by atoms with E-state index in [9.17, 15) is 4.79 Å². The predicted octanol–water partition coefficient (Wildman–Crippen LogP) is 3.97. The summed E-state index contributed by atoms with van der Waals surface area (Å²) in [4.78, 5) is 10.5. The van der Waals surface area contributed by atoms with Crippen LogP contribution in [0.15, 0.2) is 47.6 Å². The topological polar surface area (TPSA) is 85.9 Å². The van der Waals surface area contributed by atoms with Crippen molar-refractivity contribution in [2.24, 2.45) is 10.8 Å². The SMILES string of the molecule is Cc1ccc(C(C)C)c(OCCCOc2ccc(/C=N\NC(N)=O)cc2)c1. The average Bonchev–Trinajstić information content (AvgIpc) is 2.62. The molecular weight excluding hydrogens is 342 g/mol. The number of carbonyl (C=O) groups excluding carboxylic acids is 1. The van der Waals surface area contributed by atoms with Gasteiger partial charge in [0.15, 0.2) is 0 Å². The number of carbonyl (C=O) groups is 1. The molecule has 0 aromatic heterocycles. The highest BCUT2D eigenvalue weighted by atomic mass is 16.5. The number of nitrogens with one attached hydrogen (secondary N) is 1. The van der Waals surface area contributed by atoms with Gasteiger partial charge in [-0.1, -0.05) is 26.0 Å². The van der Waals surface area contributed by atoms with Crippen molar-refractivity contribution in [3.05, 3.63) is 59.2 Å². The molecule has 0 spiro atoms. The molecule has 0 aliphatic carbocycles. The Balaban J connectivity index is 1.75. The number of nitrogens with zero attached hydrogens (tertiary/aromatic N) is 1. The lowest BCUT2D eigenvalue weighted by molar-refractivity contribution is 0.245. The van der Waals surface area contributed by atoms with E-state index in [2.05, 4.69) is 49.5 Å². The lowest BCUT2D eigenvalue weighted by Crippen LogP contribution is -2.24. The number of hydrogen-bond donors (Lipinski definition) is 2. The molecule has 0 aliphatic heterocycles. The highest BCUT2D eigenvalue weighted by Crippen LogP contribution is 2.27. The molecule has 0 bridgehead atoms. The molecule has 2 rings (SSSR count). The Bertz CT molecular complexity index is 771. The molecule has 0 saturated carbocycles. The van der Waals surface area contributed by atoms with Crippen LogP contribution < -0.4 is 20.6 Å². The first kappa shape index (κ1) is 20.3. The van der Waals surface area contributed by atoms with E-state index in [1.165, 1.54) is 17.3 Å². The molecule has 0 saturated heterocycles. The number of hydrogen-bond acceptors (Lipinski definition) is 4. The zero-order chi connectivity index (χ0) is 19.6. The van der Waals surface area contributed by atoms with E-state index in [1.54, 1.807) is 0 Å². The van der Waals surface area contributed by atoms with Gasteiger partial charge >= 0.3 is 6.03 Å². The molecule has 0 fully saturated rings. The van der Waals surface area contributed by atoms with E-state index in [4.69, 9.17) is 15.2 Å². The molecule has 3 N–H and O–H groups in total. The third kappa shape index (κ3) is 7.01. The van der Waals surface area contributed by atoms with E-state index in [0.717, 1.165) is 23.5 Å². The predicted molar refractivity (Wildman–Crippen MR) is 108 cm³/mol. The van der Waals surface area contributed by atoms with Crippen molar-refractivity contribution in [1.82, 2.24) is 5.43 Å². The largest absolute Gasteiger partial charge is 0.493 e. The fourth-order valence-corrected chi connectivity index (χ4v) is 2.50. The first-order valence-corrected chi connectivity index (χ1v) is 9.00. The van der Waals surface area contributed by atoms with Gasteiger partial charge < -0.3 is 15.2 Å². The second-order valence-electron chi connectivity index (χ2n) is 6.55. The summed E-state index contributed by atoms with van der Waals surface area (Å²) in [5.41, 5.74) is 10.3. The Morgan fingerprint density at radius 1 is 1.15 bits per heavy atom. The summed E-state index contributed by atoms with van der Waals surface area (Å²) in [6.07, 6.45) is 2.30. The molecular formula is C21H27N3O3. The fraction of sp³-hybridized carbons (Fsp3) is 0.333. The maximum Gasteiger partial charge on any atom is 0.332 e. The van der Waals surface area contributed by atoms with Crippen LogP contribution in [0.3, 0.4) is 0 Å². The average molecular weight is 369 g/mol. The van der Waals surface area contributed by atoms with Crippen molar-refractivity contribution in [2.75, 3.05) is 13.2 Å². The smallest absolute Gasteiger partial charge is 0.332 e. The van der Waals surface area contributed by atoms with Crippen molar-refractivity contribution in [1.29, 1.82) is 0 Å². The van der Waals surface area contributed by atoms with Gasteiger partial charge in [0.1, 0.15) is 11.5 Å². The van der Waals surface area contributed by atoms with Crippen LogP contribution >= 0.6 is 0 Å². The van der Waals surface area contributed by atoms with Crippen LogP contribution in [-0.2, 0) is 0 Å². The number of aryl methyl sites for hydroxylation is 1. The van der Waals surface area contributed by atoms with Crippen molar-refractivity contribution in [3.63, 3.8) is 0 Å². The standard InChI is InChI=1S/C21H27N3O3/c1-15(2)19-10-5-16(3)13-20(19)27-12-4-11-26-18-8-6-17(7-9-18)14-23-24-21(22)25/h5-10,13-15H,4,11-12H2,1-3H3,(H3,22,24,25)/b23-14-. The third-order valence-corrected chi connectivity index (χ3v) is 3.87. The van der Waals surface area contributed by atoms with E-state index >= 15 is 0 Å². The summed E-state index contributed by atoms with van der Waals surface area (Å²) in [5, 5.41) is 3.70. The fourth-order valence-electron chi connectivity index (χ4n) is 2.50. The van der Waals surface area contributed by atoms with Crippen molar-refractivity contribution >= 4 is 12.2 Å². The normalized spacial score (nSPS) is 11.0. The van der Waals surface area contributed by atoms with Crippen LogP contribution in [0.4, 0.5) is 4.79 Å². The quantitative estimate of drug-likeness (QED) is 0.398. The zero-order valence-electron chi connectivity index (χ0n) is 16.1. The van der Waals surface area contributed by atoms with E-state index < -0.39 is 6.03 Å². The molecule has 144 valence electrons. The van der Waals surface area contributed by atoms with Crippen molar-refractivity contribution in [2.45, 2.75) is 33.1 Å². The number of hydrazone groups is 1. The summed E-state index contributed by atoms with van der Waals surface area (Å²) < 4.78 is 11.7. The first-order chi connectivity index (χ1) is 13.0. The van der Waals surface area contributed by atoms with Crippen LogP contribution in [0, 0.1) is 6.92 Å². The molecule has 6 heteroatoms. The molecule has 0 heterocycles. The number of nitrogens with two attached hydrogens (primary N) is 1. The molecule has 2 aromatic rings. The molecule has 0 aliphatic rings. The lowest BCUT2D eigenvalue weighted by atomic mass is 10.0. The Morgan fingerprint density at radius 2 is 1.85 bits per heavy atom. The van der Waals surface area contributed by atoms with E-state index in [-0.39, 0.29) is 0 Å². The second-order valence-corrected chi connectivity index (χ2v) is 6.55. The first-order valence-electron chi connectivity index (χ1n) is 9.00. The molecule has 2 aromatic carbocycles. The molecule has 2 amide bonds.